The van der Waals surface area contributed by atoms with E-state index in [-0.39, 0.29) is 18.1 Å². The summed E-state index contributed by atoms with van der Waals surface area (Å²) in [6, 6.07) is 12.7. The lowest BCUT2D eigenvalue weighted by atomic mass is 10.1. The van der Waals surface area contributed by atoms with Gasteiger partial charge in [-0.3, -0.25) is 19.0 Å². The highest BCUT2D eigenvalue weighted by molar-refractivity contribution is 5.94. The van der Waals surface area contributed by atoms with E-state index in [2.05, 4.69) is 10.9 Å². The number of ketones is 1. The van der Waals surface area contributed by atoms with Crippen LogP contribution in [-0.4, -0.2) is 27.8 Å². The van der Waals surface area contributed by atoms with E-state index in [0.29, 0.717) is 29.6 Å². The number of esters is 1. The zero-order chi connectivity index (χ0) is 21.7. The van der Waals surface area contributed by atoms with Gasteiger partial charge in [0, 0.05) is 24.7 Å². The van der Waals surface area contributed by atoms with Crippen LogP contribution in [0.25, 0.3) is 10.9 Å². The van der Waals surface area contributed by atoms with Gasteiger partial charge in [-0.25, -0.2) is 4.98 Å². The van der Waals surface area contributed by atoms with Crippen molar-refractivity contribution in [3.63, 3.8) is 0 Å². The van der Waals surface area contributed by atoms with E-state index in [9.17, 15) is 14.4 Å². The van der Waals surface area contributed by atoms with Crippen LogP contribution in [0.4, 0.5) is 5.69 Å². The van der Waals surface area contributed by atoms with Gasteiger partial charge in [0.1, 0.15) is 6.33 Å². The summed E-state index contributed by atoms with van der Waals surface area (Å²) in [5.41, 5.74) is 2.63. The predicted molar refractivity (Wildman–Crippen MR) is 114 cm³/mol. The minimum atomic E-state index is -0.475. The van der Waals surface area contributed by atoms with Gasteiger partial charge in [-0.15, -0.1) is 6.42 Å². The van der Waals surface area contributed by atoms with Crippen molar-refractivity contribution in [2.45, 2.75) is 27.1 Å². The average Bonchev–Trinajstić information content (AvgIpc) is 2.73. The Morgan fingerprint density at radius 3 is 2.53 bits per heavy atom. The highest BCUT2D eigenvalue weighted by atomic mass is 16.5. The van der Waals surface area contributed by atoms with Gasteiger partial charge in [0.15, 0.2) is 12.5 Å². The van der Waals surface area contributed by atoms with Crippen molar-refractivity contribution < 1.29 is 14.3 Å². The molecular formula is C23H21N3O4. The highest BCUT2D eigenvalue weighted by Crippen LogP contribution is 2.19. The number of hydrogen-bond donors (Lipinski definition) is 0. The minimum absolute atomic E-state index is 0.00267. The van der Waals surface area contributed by atoms with E-state index in [1.165, 1.54) is 24.7 Å². The van der Waals surface area contributed by atoms with Crippen molar-refractivity contribution in [2.75, 3.05) is 11.4 Å². The number of anilines is 1. The minimum Gasteiger partial charge on any atom is -0.444 e. The van der Waals surface area contributed by atoms with Crippen LogP contribution in [0.5, 0.6) is 0 Å². The number of ether oxygens (including phenoxy) is 1. The summed E-state index contributed by atoms with van der Waals surface area (Å²) in [5.74, 6) is 2.16. The van der Waals surface area contributed by atoms with E-state index < -0.39 is 5.97 Å². The third-order valence-corrected chi connectivity index (χ3v) is 4.59. The Kier molecular flexibility index (Phi) is 6.28. The van der Waals surface area contributed by atoms with Crippen LogP contribution in [-0.2, 0) is 22.8 Å². The molecular weight excluding hydrogens is 382 g/mol. The maximum Gasteiger partial charge on any atom is 0.304 e. The number of aromatic nitrogens is 2. The molecule has 0 atom stereocenters. The number of terminal acetylenes is 1. The van der Waals surface area contributed by atoms with Gasteiger partial charge in [-0.2, -0.15) is 0 Å². The Morgan fingerprint density at radius 1 is 1.17 bits per heavy atom. The Labute approximate surface area is 173 Å². The number of carbonyl (C=O) groups is 2. The molecule has 1 aromatic heterocycles. The van der Waals surface area contributed by atoms with Crippen LogP contribution >= 0.6 is 0 Å². The third kappa shape index (κ3) is 4.73. The molecule has 0 unspecified atom stereocenters. The molecule has 30 heavy (non-hydrogen) atoms. The molecule has 0 aliphatic heterocycles. The number of Topliss-reactive ketones (excluding diaryl/α,β-unsaturated/α-hetero) is 1. The Hall–Kier alpha value is -3.92. The van der Waals surface area contributed by atoms with Crippen LogP contribution in [0.2, 0.25) is 0 Å². The molecule has 2 aromatic carbocycles. The van der Waals surface area contributed by atoms with Crippen molar-refractivity contribution in [3.8, 4) is 12.3 Å². The molecule has 1 heterocycles. The number of fused-ring (bicyclic) bond motifs is 1. The van der Waals surface area contributed by atoms with Gasteiger partial charge in [0.25, 0.3) is 5.56 Å². The van der Waals surface area contributed by atoms with Gasteiger partial charge in [0.05, 0.1) is 17.4 Å². The van der Waals surface area contributed by atoms with Crippen LogP contribution in [0.15, 0.2) is 53.6 Å². The van der Waals surface area contributed by atoms with Crippen molar-refractivity contribution in [3.05, 3.63) is 70.3 Å². The quantitative estimate of drug-likeness (QED) is 0.343. The molecule has 0 spiro atoms. The molecule has 0 saturated heterocycles. The number of nitrogens with zero attached hydrogens (tertiary/aromatic N) is 3. The van der Waals surface area contributed by atoms with E-state index >= 15 is 0 Å². The highest BCUT2D eigenvalue weighted by Gasteiger charge is 2.11. The fourth-order valence-corrected chi connectivity index (χ4v) is 3.03. The molecule has 0 N–H and O–H groups in total. The van der Waals surface area contributed by atoms with E-state index in [1.54, 1.807) is 24.3 Å². The van der Waals surface area contributed by atoms with Crippen molar-refractivity contribution >= 4 is 28.3 Å². The molecule has 7 heteroatoms. The summed E-state index contributed by atoms with van der Waals surface area (Å²) >= 11 is 0. The fraction of sp³-hybridized carbons (Fsp3) is 0.217. The lowest BCUT2D eigenvalue weighted by molar-refractivity contribution is -0.144. The van der Waals surface area contributed by atoms with Crippen molar-refractivity contribution in [1.29, 1.82) is 0 Å². The van der Waals surface area contributed by atoms with Gasteiger partial charge in [-0.05, 0) is 48.9 Å². The molecule has 0 aliphatic rings. The smallest absolute Gasteiger partial charge is 0.304 e. The molecule has 7 nitrogen and oxygen atoms in total. The zero-order valence-corrected chi connectivity index (χ0v) is 16.8. The second-order valence-electron chi connectivity index (χ2n) is 6.80. The molecule has 152 valence electrons. The van der Waals surface area contributed by atoms with Gasteiger partial charge < -0.3 is 9.64 Å². The first-order chi connectivity index (χ1) is 14.4. The summed E-state index contributed by atoms with van der Waals surface area (Å²) < 4.78 is 6.14. The number of carbonyl (C=O) groups excluding carboxylic acids is 2. The SMILES string of the molecule is C#CCN(Cc1ccc2ncn(COC(C)=O)c(=O)c2c1)c1ccc(C(C)=O)cc1. The van der Waals surface area contributed by atoms with Crippen LogP contribution < -0.4 is 10.5 Å². The first-order valence-electron chi connectivity index (χ1n) is 9.30. The lowest BCUT2D eigenvalue weighted by Gasteiger charge is -2.23. The Morgan fingerprint density at radius 2 is 1.90 bits per heavy atom. The van der Waals surface area contributed by atoms with Gasteiger partial charge in [0.2, 0.25) is 0 Å². The van der Waals surface area contributed by atoms with Crippen LogP contribution in [0, 0.1) is 12.3 Å². The Bertz CT molecular complexity index is 1190. The molecule has 0 amide bonds. The summed E-state index contributed by atoms with van der Waals surface area (Å²) in [6.45, 7) is 3.44. The van der Waals surface area contributed by atoms with E-state index in [4.69, 9.17) is 11.2 Å². The van der Waals surface area contributed by atoms with Crippen molar-refractivity contribution in [2.24, 2.45) is 0 Å². The first kappa shape index (κ1) is 20.8. The summed E-state index contributed by atoms with van der Waals surface area (Å²) in [7, 11) is 0. The molecule has 0 saturated carbocycles. The van der Waals surface area contributed by atoms with Gasteiger partial charge >= 0.3 is 5.97 Å². The lowest BCUT2D eigenvalue weighted by Crippen LogP contribution is -2.24. The summed E-state index contributed by atoms with van der Waals surface area (Å²) in [5, 5.41) is 0.426. The second kappa shape index (κ2) is 9.05. The molecule has 0 radical (unpaired) electrons. The standard InChI is InChI=1S/C23H21N3O4/c1-4-11-25(20-8-6-19(7-9-20)16(2)27)13-18-5-10-22-21(12-18)23(29)26(14-24-22)15-30-17(3)28/h1,5-10,12,14H,11,13,15H2,2-3H3. The number of hydrogen-bond acceptors (Lipinski definition) is 6. The fourth-order valence-electron chi connectivity index (χ4n) is 3.03. The van der Waals surface area contributed by atoms with E-state index in [0.717, 1.165) is 11.3 Å². The third-order valence-electron chi connectivity index (χ3n) is 4.59. The Balaban J connectivity index is 1.91. The number of rotatable bonds is 7. The van der Waals surface area contributed by atoms with Crippen LogP contribution in [0.1, 0.15) is 29.8 Å². The van der Waals surface area contributed by atoms with Crippen LogP contribution in [0.3, 0.4) is 0 Å². The summed E-state index contributed by atoms with van der Waals surface area (Å²) in [4.78, 5) is 41.5. The van der Waals surface area contributed by atoms with E-state index in [1.807, 2.05) is 23.1 Å². The molecule has 0 aliphatic carbocycles. The number of benzene rings is 2. The molecule has 3 rings (SSSR count). The predicted octanol–water partition coefficient (Wildman–Crippen LogP) is 2.76. The van der Waals surface area contributed by atoms with Gasteiger partial charge in [-0.1, -0.05) is 12.0 Å². The van der Waals surface area contributed by atoms with Crippen molar-refractivity contribution in [1.82, 2.24) is 9.55 Å². The molecule has 3 aromatic rings. The maximum absolute atomic E-state index is 12.7. The molecule has 0 bridgehead atoms. The normalized spacial score (nSPS) is 10.4. The zero-order valence-electron chi connectivity index (χ0n) is 16.8. The second-order valence-corrected chi connectivity index (χ2v) is 6.80. The first-order valence-corrected chi connectivity index (χ1v) is 9.30. The monoisotopic (exact) mass is 403 g/mol. The molecule has 0 fully saturated rings. The summed E-state index contributed by atoms with van der Waals surface area (Å²) in [6.07, 6.45) is 6.90. The maximum atomic E-state index is 12.7. The largest absolute Gasteiger partial charge is 0.444 e. The average molecular weight is 403 g/mol. The topological polar surface area (TPSA) is 81.5 Å².